The van der Waals surface area contributed by atoms with Gasteiger partial charge in [-0.1, -0.05) is 48.9 Å². The van der Waals surface area contributed by atoms with Crippen LogP contribution in [0.5, 0.6) is 0 Å². The van der Waals surface area contributed by atoms with Crippen molar-refractivity contribution in [3.8, 4) is 0 Å². The Labute approximate surface area is 184 Å². The van der Waals surface area contributed by atoms with Crippen molar-refractivity contribution in [3.05, 3.63) is 64.7 Å². The molecule has 1 fully saturated rings. The van der Waals surface area contributed by atoms with Gasteiger partial charge in [0.1, 0.15) is 12.1 Å². The summed E-state index contributed by atoms with van der Waals surface area (Å²) in [7, 11) is 0. The molecular formula is C22H23ClN4O4. The van der Waals surface area contributed by atoms with E-state index in [1.807, 2.05) is 25.1 Å². The third-order valence-electron chi connectivity index (χ3n) is 5.12. The average molecular weight is 443 g/mol. The largest absolute Gasteiger partial charge is 0.345 e. The molecule has 1 saturated heterocycles. The van der Waals surface area contributed by atoms with Crippen molar-refractivity contribution in [2.75, 3.05) is 18.4 Å². The molecule has 8 nitrogen and oxygen atoms in total. The highest BCUT2D eigenvalue weighted by Gasteiger charge is 2.49. The molecule has 0 spiro atoms. The van der Waals surface area contributed by atoms with Gasteiger partial charge in [0.05, 0.1) is 6.54 Å². The number of urea groups is 1. The van der Waals surface area contributed by atoms with Crippen molar-refractivity contribution in [1.82, 2.24) is 15.5 Å². The van der Waals surface area contributed by atoms with Gasteiger partial charge in [-0.05, 0) is 42.7 Å². The van der Waals surface area contributed by atoms with Gasteiger partial charge in [-0.2, -0.15) is 0 Å². The fourth-order valence-corrected chi connectivity index (χ4v) is 3.47. The molecule has 1 aliphatic rings. The third-order valence-corrected chi connectivity index (χ3v) is 5.37. The van der Waals surface area contributed by atoms with Crippen LogP contribution in [0.4, 0.5) is 10.5 Å². The summed E-state index contributed by atoms with van der Waals surface area (Å²) in [6.07, 6.45) is 0.751. The lowest BCUT2D eigenvalue weighted by atomic mass is 9.92. The number of hydrogen-bond acceptors (Lipinski definition) is 4. The minimum Gasteiger partial charge on any atom is -0.345 e. The first kappa shape index (κ1) is 22.3. The first-order chi connectivity index (χ1) is 14.7. The van der Waals surface area contributed by atoms with Crippen molar-refractivity contribution >= 4 is 41.0 Å². The maximum Gasteiger partial charge on any atom is 0.325 e. The van der Waals surface area contributed by atoms with E-state index in [9.17, 15) is 19.2 Å². The SMILES string of the molecule is CCc1ccccc1NC(=O)CNC(=O)CN1C(=O)NC(C)(c2ccc(Cl)cc2)C1=O. The highest BCUT2D eigenvalue weighted by atomic mass is 35.5. The van der Waals surface area contributed by atoms with E-state index in [-0.39, 0.29) is 6.54 Å². The van der Waals surface area contributed by atoms with E-state index >= 15 is 0 Å². The number of para-hydroxylation sites is 1. The normalized spacial score (nSPS) is 18.0. The summed E-state index contributed by atoms with van der Waals surface area (Å²) in [6, 6.07) is 13.2. The molecule has 0 aromatic heterocycles. The molecule has 0 bridgehead atoms. The van der Waals surface area contributed by atoms with Crippen LogP contribution in [0.15, 0.2) is 48.5 Å². The Kier molecular flexibility index (Phi) is 6.60. The lowest BCUT2D eigenvalue weighted by Crippen LogP contribution is -2.44. The predicted molar refractivity (Wildman–Crippen MR) is 117 cm³/mol. The topological polar surface area (TPSA) is 108 Å². The van der Waals surface area contributed by atoms with E-state index in [2.05, 4.69) is 16.0 Å². The maximum atomic E-state index is 12.9. The minimum absolute atomic E-state index is 0.283. The van der Waals surface area contributed by atoms with Crippen LogP contribution in [0, 0.1) is 0 Å². The van der Waals surface area contributed by atoms with Crippen LogP contribution in [0.2, 0.25) is 5.02 Å². The molecule has 0 saturated carbocycles. The van der Waals surface area contributed by atoms with E-state index in [0.717, 1.165) is 16.9 Å². The van der Waals surface area contributed by atoms with Crippen LogP contribution in [0.1, 0.15) is 25.0 Å². The van der Waals surface area contributed by atoms with Gasteiger partial charge >= 0.3 is 6.03 Å². The van der Waals surface area contributed by atoms with Crippen molar-refractivity contribution in [3.63, 3.8) is 0 Å². The summed E-state index contributed by atoms with van der Waals surface area (Å²) in [5.74, 6) is -1.59. The Morgan fingerprint density at radius 2 is 1.74 bits per heavy atom. The highest BCUT2D eigenvalue weighted by molar-refractivity contribution is 6.30. The van der Waals surface area contributed by atoms with Crippen LogP contribution in [-0.2, 0) is 26.3 Å². The van der Waals surface area contributed by atoms with Crippen LogP contribution in [-0.4, -0.2) is 41.7 Å². The van der Waals surface area contributed by atoms with Gasteiger partial charge in [0.25, 0.3) is 5.91 Å². The number of imide groups is 1. The second-order valence-electron chi connectivity index (χ2n) is 7.29. The highest BCUT2D eigenvalue weighted by Crippen LogP contribution is 2.29. The molecule has 0 radical (unpaired) electrons. The van der Waals surface area contributed by atoms with Gasteiger partial charge in [0.2, 0.25) is 11.8 Å². The fourth-order valence-electron chi connectivity index (χ4n) is 3.34. The first-order valence-electron chi connectivity index (χ1n) is 9.79. The maximum absolute atomic E-state index is 12.9. The molecule has 5 amide bonds. The number of halogens is 1. The van der Waals surface area contributed by atoms with E-state index in [0.29, 0.717) is 16.3 Å². The van der Waals surface area contributed by atoms with E-state index in [1.165, 1.54) is 0 Å². The van der Waals surface area contributed by atoms with E-state index < -0.39 is 35.8 Å². The Morgan fingerprint density at radius 3 is 2.42 bits per heavy atom. The molecule has 1 unspecified atom stereocenters. The second-order valence-corrected chi connectivity index (χ2v) is 7.73. The molecule has 1 aliphatic heterocycles. The van der Waals surface area contributed by atoms with Gasteiger partial charge in [-0.15, -0.1) is 0 Å². The van der Waals surface area contributed by atoms with Gasteiger partial charge < -0.3 is 16.0 Å². The fraction of sp³-hybridized carbons (Fsp3) is 0.273. The molecule has 3 N–H and O–H groups in total. The zero-order valence-corrected chi connectivity index (χ0v) is 18.0. The number of carbonyl (C=O) groups excluding carboxylic acids is 4. The molecule has 2 aromatic rings. The zero-order valence-electron chi connectivity index (χ0n) is 17.2. The predicted octanol–water partition coefficient (Wildman–Crippen LogP) is 2.42. The number of benzene rings is 2. The number of nitrogens with one attached hydrogen (secondary N) is 3. The summed E-state index contributed by atoms with van der Waals surface area (Å²) in [4.78, 5) is 50.5. The Morgan fingerprint density at radius 1 is 1.06 bits per heavy atom. The van der Waals surface area contributed by atoms with Crippen LogP contribution < -0.4 is 16.0 Å². The number of aryl methyl sites for hydroxylation is 1. The van der Waals surface area contributed by atoms with Crippen molar-refractivity contribution in [1.29, 1.82) is 0 Å². The van der Waals surface area contributed by atoms with Crippen LogP contribution in [0.3, 0.4) is 0 Å². The van der Waals surface area contributed by atoms with Gasteiger partial charge in [-0.3, -0.25) is 19.3 Å². The first-order valence-corrected chi connectivity index (χ1v) is 10.2. The van der Waals surface area contributed by atoms with Crippen LogP contribution >= 0.6 is 11.6 Å². The monoisotopic (exact) mass is 442 g/mol. The standard InChI is InChI=1S/C22H23ClN4O4/c1-3-14-6-4-5-7-17(14)25-18(28)12-24-19(29)13-27-20(30)22(2,26-21(27)31)15-8-10-16(23)11-9-15/h4-11H,3,12-13H2,1-2H3,(H,24,29)(H,25,28)(H,26,31). The third kappa shape index (κ3) is 4.86. The molecule has 1 heterocycles. The summed E-state index contributed by atoms with van der Waals surface area (Å²) in [5, 5.41) is 8.30. The Bertz CT molecular complexity index is 1020. The summed E-state index contributed by atoms with van der Waals surface area (Å²) in [6.45, 7) is 2.76. The summed E-state index contributed by atoms with van der Waals surface area (Å²) >= 11 is 5.89. The Hall–Kier alpha value is -3.39. The number of amides is 5. The van der Waals surface area contributed by atoms with Crippen molar-refractivity contribution < 1.29 is 19.2 Å². The van der Waals surface area contributed by atoms with Crippen LogP contribution in [0.25, 0.3) is 0 Å². The molecule has 2 aromatic carbocycles. The smallest absolute Gasteiger partial charge is 0.325 e. The van der Waals surface area contributed by atoms with E-state index in [4.69, 9.17) is 11.6 Å². The van der Waals surface area contributed by atoms with Gasteiger partial charge in [0, 0.05) is 10.7 Å². The lowest BCUT2D eigenvalue weighted by Gasteiger charge is -2.22. The number of carbonyl (C=O) groups is 4. The summed E-state index contributed by atoms with van der Waals surface area (Å²) < 4.78 is 0. The minimum atomic E-state index is -1.30. The molecule has 3 rings (SSSR count). The molecule has 31 heavy (non-hydrogen) atoms. The zero-order chi connectivity index (χ0) is 22.6. The molecular weight excluding hydrogens is 420 g/mol. The number of anilines is 1. The van der Waals surface area contributed by atoms with Crippen molar-refractivity contribution in [2.45, 2.75) is 25.8 Å². The molecule has 1 atom stereocenters. The second kappa shape index (κ2) is 9.18. The number of nitrogens with zero attached hydrogens (tertiary/aromatic N) is 1. The molecule has 162 valence electrons. The number of hydrogen-bond donors (Lipinski definition) is 3. The number of rotatable bonds is 7. The van der Waals surface area contributed by atoms with Gasteiger partial charge in [-0.25, -0.2) is 4.79 Å². The Balaban J connectivity index is 1.57. The molecule has 9 heteroatoms. The summed E-state index contributed by atoms with van der Waals surface area (Å²) in [5.41, 5.74) is 0.899. The quantitative estimate of drug-likeness (QED) is 0.572. The molecule has 0 aliphatic carbocycles. The van der Waals surface area contributed by atoms with E-state index in [1.54, 1.807) is 37.3 Å². The lowest BCUT2D eigenvalue weighted by molar-refractivity contribution is -0.135. The average Bonchev–Trinajstić information content (AvgIpc) is 2.97. The van der Waals surface area contributed by atoms with Gasteiger partial charge in [0.15, 0.2) is 0 Å². The van der Waals surface area contributed by atoms with Crippen molar-refractivity contribution in [2.24, 2.45) is 0 Å².